The van der Waals surface area contributed by atoms with Crippen molar-refractivity contribution in [2.75, 3.05) is 19.8 Å². The van der Waals surface area contributed by atoms with Gasteiger partial charge in [0.05, 0.1) is 25.6 Å². The molecule has 0 bridgehead atoms. The highest BCUT2D eigenvalue weighted by molar-refractivity contribution is 7.57. The van der Waals surface area contributed by atoms with Crippen molar-refractivity contribution in [2.24, 2.45) is 10.2 Å². The lowest BCUT2D eigenvalue weighted by Crippen LogP contribution is -1.97. The number of hydrogen-bond donors (Lipinski definition) is 0. The SMILES string of the molecule is CCOC(=O)N=N/C(=C\P(=O)(OCC)OCC)c1ccccc1. The molecule has 0 unspecified atom stereocenters. The average Bonchev–Trinajstić information content (AvgIpc) is 2.53. The summed E-state index contributed by atoms with van der Waals surface area (Å²) in [5.41, 5.74) is 0.837. The van der Waals surface area contributed by atoms with Gasteiger partial charge in [0.2, 0.25) is 0 Å². The van der Waals surface area contributed by atoms with Crippen LogP contribution in [-0.2, 0) is 18.3 Å². The van der Waals surface area contributed by atoms with Gasteiger partial charge < -0.3 is 13.8 Å². The van der Waals surface area contributed by atoms with E-state index in [2.05, 4.69) is 10.2 Å². The fourth-order valence-corrected chi connectivity index (χ4v) is 3.08. The second-order valence-corrected chi connectivity index (χ2v) is 6.01. The number of rotatable bonds is 8. The van der Waals surface area contributed by atoms with E-state index in [4.69, 9.17) is 13.8 Å². The van der Waals surface area contributed by atoms with Crippen LogP contribution >= 0.6 is 7.60 Å². The van der Waals surface area contributed by atoms with Gasteiger partial charge in [-0.3, -0.25) is 4.57 Å². The second kappa shape index (κ2) is 10.0. The maximum absolute atomic E-state index is 12.6. The van der Waals surface area contributed by atoms with Crippen LogP contribution < -0.4 is 0 Å². The molecule has 1 aromatic carbocycles. The van der Waals surface area contributed by atoms with E-state index in [1.165, 1.54) is 5.82 Å². The fraction of sp³-hybridized carbons (Fsp3) is 0.400. The van der Waals surface area contributed by atoms with Crippen molar-refractivity contribution in [3.63, 3.8) is 0 Å². The Kier molecular flexibility index (Phi) is 8.40. The molecule has 0 aromatic heterocycles. The molecule has 0 saturated carbocycles. The molecular formula is C15H21N2O5P. The second-order valence-electron chi connectivity index (χ2n) is 4.15. The quantitative estimate of drug-likeness (QED) is 0.498. The molecule has 0 radical (unpaired) electrons. The summed E-state index contributed by atoms with van der Waals surface area (Å²) >= 11 is 0. The van der Waals surface area contributed by atoms with E-state index in [1.807, 2.05) is 6.07 Å². The first-order valence-corrected chi connectivity index (χ1v) is 8.91. The van der Waals surface area contributed by atoms with Crippen molar-refractivity contribution < 1.29 is 23.1 Å². The number of amides is 1. The summed E-state index contributed by atoms with van der Waals surface area (Å²) in [6, 6.07) is 8.90. The molecule has 0 heterocycles. The van der Waals surface area contributed by atoms with Crippen molar-refractivity contribution in [2.45, 2.75) is 20.8 Å². The minimum Gasteiger partial charge on any atom is -0.447 e. The molecule has 1 rings (SSSR count). The van der Waals surface area contributed by atoms with Crippen LogP contribution in [0.1, 0.15) is 26.3 Å². The molecule has 0 spiro atoms. The predicted octanol–water partition coefficient (Wildman–Crippen LogP) is 4.86. The smallest absolute Gasteiger partial charge is 0.447 e. The van der Waals surface area contributed by atoms with Gasteiger partial charge in [0.1, 0.15) is 5.70 Å². The van der Waals surface area contributed by atoms with E-state index in [0.29, 0.717) is 5.56 Å². The molecular weight excluding hydrogens is 319 g/mol. The highest BCUT2D eigenvalue weighted by atomic mass is 31.2. The Labute approximate surface area is 135 Å². The summed E-state index contributed by atoms with van der Waals surface area (Å²) < 4.78 is 27.8. The summed E-state index contributed by atoms with van der Waals surface area (Å²) in [6.07, 6.45) is -0.822. The van der Waals surface area contributed by atoms with Crippen molar-refractivity contribution in [3.8, 4) is 0 Å². The predicted molar refractivity (Wildman–Crippen MR) is 87.2 cm³/mol. The summed E-state index contributed by atoms with van der Waals surface area (Å²) in [5.74, 6) is 1.26. The van der Waals surface area contributed by atoms with Crippen molar-refractivity contribution in [1.29, 1.82) is 0 Å². The Morgan fingerprint density at radius 3 is 2.17 bits per heavy atom. The summed E-state index contributed by atoms with van der Waals surface area (Å²) in [6.45, 7) is 5.71. The molecule has 1 amide bonds. The zero-order chi connectivity index (χ0) is 17.1. The van der Waals surface area contributed by atoms with Gasteiger partial charge in [-0.05, 0) is 20.8 Å². The topological polar surface area (TPSA) is 86.6 Å². The maximum Gasteiger partial charge on any atom is 0.452 e. The lowest BCUT2D eigenvalue weighted by Gasteiger charge is -2.13. The van der Waals surface area contributed by atoms with Crippen LogP contribution in [-0.4, -0.2) is 25.9 Å². The molecule has 0 aliphatic heterocycles. The van der Waals surface area contributed by atoms with Crippen LogP contribution in [0, 0.1) is 0 Å². The first-order valence-electron chi connectivity index (χ1n) is 7.30. The fourth-order valence-electron chi connectivity index (χ4n) is 1.64. The molecule has 7 nitrogen and oxygen atoms in total. The molecule has 1 aromatic rings. The number of carbonyl (C=O) groups excluding carboxylic acids is 1. The zero-order valence-electron chi connectivity index (χ0n) is 13.5. The van der Waals surface area contributed by atoms with E-state index in [0.717, 1.165) is 0 Å². The zero-order valence-corrected chi connectivity index (χ0v) is 14.4. The van der Waals surface area contributed by atoms with Crippen LogP contribution in [0.25, 0.3) is 5.70 Å². The van der Waals surface area contributed by atoms with Gasteiger partial charge in [-0.25, -0.2) is 4.79 Å². The molecule has 0 atom stereocenters. The third-order valence-electron chi connectivity index (χ3n) is 2.48. The number of hydrogen-bond acceptors (Lipinski definition) is 6. The highest BCUT2D eigenvalue weighted by Crippen LogP contribution is 2.51. The third-order valence-corrected chi connectivity index (χ3v) is 4.27. The van der Waals surface area contributed by atoms with E-state index in [-0.39, 0.29) is 25.5 Å². The molecule has 8 heteroatoms. The van der Waals surface area contributed by atoms with Crippen molar-refractivity contribution >= 4 is 19.4 Å². The van der Waals surface area contributed by atoms with Crippen LogP contribution in [0.4, 0.5) is 4.79 Å². The van der Waals surface area contributed by atoms with Gasteiger partial charge >= 0.3 is 13.7 Å². The minimum atomic E-state index is -3.48. The first-order chi connectivity index (χ1) is 11.0. The molecule has 23 heavy (non-hydrogen) atoms. The summed E-state index contributed by atoms with van der Waals surface area (Å²) in [7, 11) is -3.48. The van der Waals surface area contributed by atoms with Crippen molar-refractivity contribution in [3.05, 3.63) is 41.7 Å². The average molecular weight is 340 g/mol. The van der Waals surface area contributed by atoms with E-state index < -0.39 is 13.7 Å². The van der Waals surface area contributed by atoms with E-state index in [1.54, 1.807) is 45.0 Å². The van der Waals surface area contributed by atoms with Gasteiger partial charge in [0.15, 0.2) is 0 Å². The Bertz CT molecular complexity index is 591. The van der Waals surface area contributed by atoms with Gasteiger partial charge in [-0.1, -0.05) is 35.4 Å². The van der Waals surface area contributed by atoms with Gasteiger partial charge in [0, 0.05) is 5.56 Å². The van der Waals surface area contributed by atoms with Crippen molar-refractivity contribution in [1.82, 2.24) is 0 Å². The molecule has 0 aliphatic carbocycles. The van der Waals surface area contributed by atoms with Crippen LogP contribution in [0.3, 0.4) is 0 Å². The molecule has 0 fully saturated rings. The Balaban J connectivity index is 3.20. The van der Waals surface area contributed by atoms with Crippen LogP contribution in [0.5, 0.6) is 0 Å². The monoisotopic (exact) mass is 340 g/mol. The third kappa shape index (κ3) is 6.86. The Morgan fingerprint density at radius 1 is 1.04 bits per heavy atom. The maximum atomic E-state index is 12.6. The number of ether oxygens (including phenoxy) is 1. The van der Waals surface area contributed by atoms with Gasteiger partial charge in [0.25, 0.3) is 0 Å². The minimum absolute atomic E-state index is 0.193. The lowest BCUT2D eigenvalue weighted by molar-refractivity contribution is 0.162. The summed E-state index contributed by atoms with van der Waals surface area (Å²) in [5, 5.41) is 7.30. The van der Waals surface area contributed by atoms with Crippen LogP contribution in [0.15, 0.2) is 46.4 Å². The Morgan fingerprint density at radius 2 is 1.65 bits per heavy atom. The first kappa shape index (κ1) is 19.2. The number of azo groups is 1. The lowest BCUT2D eigenvalue weighted by atomic mass is 10.2. The molecule has 0 N–H and O–H groups in total. The molecule has 0 saturated heterocycles. The van der Waals surface area contributed by atoms with Gasteiger partial charge in [-0.2, -0.15) is 0 Å². The molecule has 0 aliphatic rings. The number of nitrogens with zero attached hydrogens (tertiary/aromatic N) is 2. The van der Waals surface area contributed by atoms with E-state index in [9.17, 15) is 9.36 Å². The normalized spacial score (nSPS) is 12.6. The molecule has 126 valence electrons. The van der Waals surface area contributed by atoms with E-state index >= 15 is 0 Å². The van der Waals surface area contributed by atoms with Crippen LogP contribution in [0.2, 0.25) is 0 Å². The number of carbonyl (C=O) groups is 1. The summed E-state index contributed by atoms with van der Waals surface area (Å²) in [4.78, 5) is 11.4. The number of benzene rings is 1. The largest absolute Gasteiger partial charge is 0.452 e. The Hall–Kier alpha value is -1.82. The van der Waals surface area contributed by atoms with Gasteiger partial charge in [-0.15, -0.1) is 5.11 Å². The highest BCUT2D eigenvalue weighted by Gasteiger charge is 2.22. The standard InChI is InChI=1S/C15H21N2O5P/c1-4-20-15(18)17-16-14(13-10-8-7-9-11-13)12-23(19,21-5-2)22-6-3/h7-12H,4-6H2,1-3H3/b14-12-,17-16?.